The Morgan fingerprint density at radius 2 is 2.05 bits per heavy atom. The maximum Gasteiger partial charge on any atom is 0.175 e. The fourth-order valence-corrected chi connectivity index (χ4v) is 3.60. The number of hydrogen-bond donors (Lipinski definition) is 2. The predicted octanol–water partition coefficient (Wildman–Crippen LogP) is 3.00. The van der Waals surface area contributed by atoms with Crippen molar-refractivity contribution in [1.82, 2.24) is 5.32 Å². The molecule has 0 aromatic heterocycles. The predicted molar refractivity (Wildman–Crippen MR) is 84.9 cm³/mol. The van der Waals surface area contributed by atoms with Gasteiger partial charge < -0.3 is 19.9 Å². The second kappa shape index (κ2) is 6.99. The van der Waals surface area contributed by atoms with Crippen molar-refractivity contribution in [2.45, 2.75) is 50.8 Å². The first-order valence-corrected chi connectivity index (χ1v) is 8.51. The molecular formula is C16H22BrNO3. The molecular weight excluding hydrogens is 334 g/mol. The van der Waals surface area contributed by atoms with E-state index in [4.69, 9.17) is 9.47 Å². The van der Waals surface area contributed by atoms with E-state index < -0.39 is 0 Å². The molecule has 1 aliphatic carbocycles. The van der Waals surface area contributed by atoms with Crippen molar-refractivity contribution in [3.8, 4) is 11.5 Å². The van der Waals surface area contributed by atoms with Gasteiger partial charge in [-0.1, -0.05) is 0 Å². The van der Waals surface area contributed by atoms with E-state index in [0.29, 0.717) is 19.3 Å². The van der Waals surface area contributed by atoms with Crippen LogP contribution in [-0.2, 0) is 6.54 Å². The summed E-state index contributed by atoms with van der Waals surface area (Å²) >= 11 is 3.57. The molecule has 1 aliphatic heterocycles. The van der Waals surface area contributed by atoms with Crippen LogP contribution in [0, 0.1) is 0 Å². The van der Waals surface area contributed by atoms with Crippen molar-refractivity contribution in [3.63, 3.8) is 0 Å². The molecule has 1 heterocycles. The van der Waals surface area contributed by atoms with Gasteiger partial charge in [-0.2, -0.15) is 0 Å². The zero-order valence-corrected chi connectivity index (χ0v) is 13.7. The quantitative estimate of drug-likeness (QED) is 0.874. The van der Waals surface area contributed by atoms with E-state index in [0.717, 1.165) is 54.6 Å². The van der Waals surface area contributed by atoms with Crippen molar-refractivity contribution in [2.75, 3.05) is 13.2 Å². The highest BCUT2D eigenvalue weighted by atomic mass is 79.9. The van der Waals surface area contributed by atoms with Crippen molar-refractivity contribution < 1.29 is 14.6 Å². The molecule has 1 saturated carbocycles. The van der Waals surface area contributed by atoms with Crippen LogP contribution in [0.15, 0.2) is 16.6 Å². The van der Waals surface area contributed by atoms with Crippen LogP contribution in [0.25, 0.3) is 0 Å². The lowest BCUT2D eigenvalue weighted by Crippen LogP contribution is -2.35. The third kappa shape index (κ3) is 3.90. The zero-order valence-electron chi connectivity index (χ0n) is 12.1. The van der Waals surface area contributed by atoms with Crippen LogP contribution in [0.5, 0.6) is 11.5 Å². The summed E-state index contributed by atoms with van der Waals surface area (Å²) in [6.07, 6.45) is 4.80. The molecule has 0 spiro atoms. The Balaban J connectivity index is 1.65. The summed E-state index contributed by atoms with van der Waals surface area (Å²) in [6, 6.07) is 4.54. The van der Waals surface area contributed by atoms with Crippen LogP contribution in [0.2, 0.25) is 0 Å². The SMILES string of the molecule is OC1CCCC(NCc2cc(Br)c3c(c2)OCCCO3)C1. The van der Waals surface area contributed by atoms with Gasteiger partial charge in [0.1, 0.15) is 0 Å². The third-order valence-electron chi connectivity index (χ3n) is 4.10. The summed E-state index contributed by atoms with van der Waals surface area (Å²) in [5.74, 6) is 1.63. The normalized spacial score (nSPS) is 25.4. The Morgan fingerprint density at radius 3 is 2.90 bits per heavy atom. The average Bonchev–Trinajstić information content (AvgIpc) is 2.71. The van der Waals surface area contributed by atoms with Crippen molar-refractivity contribution >= 4 is 15.9 Å². The fourth-order valence-electron chi connectivity index (χ4n) is 3.00. The number of benzene rings is 1. The van der Waals surface area contributed by atoms with Gasteiger partial charge in [-0.15, -0.1) is 0 Å². The van der Waals surface area contributed by atoms with Crippen LogP contribution < -0.4 is 14.8 Å². The number of fused-ring (bicyclic) bond motifs is 1. The highest BCUT2D eigenvalue weighted by molar-refractivity contribution is 9.10. The standard InChI is InChI=1S/C16H22BrNO3/c17-14-7-11(8-15-16(14)21-6-2-5-20-15)10-18-12-3-1-4-13(19)9-12/h7-8,12-13,18-19H,1-6,9-10H2. The third-order valence-corrected chi connectivity index (χ3v) is 4.69. The Kier molecular flexibility index (Phi) is 5.03. The van der Waals surface area contributed by atoms with Crippen molar-refractivity contribution in [3.05, 3.63) is 22.2 Å². The minimum atomic E-state index is -0.147. The Hall–Kier alpha value is -0.780. The molecule has 1 aromatic rings. The highest BCUT2D eigenvalue weighted by Gasteiger charge is 2.20. The second-order valence-corrected chi connectivity index (χ2v) is 6.71. The number of hydrogen-bond acceptors (Lipinski definition) is 4. The summed E-state index contributed by atoms with van der Waals surface area (Å²) in [4.78, 5) is 0. The Morgan fingerprint density at radius 1 is 1.19 bits per heavy atom. The largest absolute Gasteiger partial charge is 0.490 e. The zero-order chi connectivity index (χ0) is 14.7. The fraction of sp³-hybridized carbons (Fsp3) is 0.625. The van der Waals surface area contributed by atoms with E-state index in [1.165, 1.54) is 5.56 Å². The first-order valence-electron chi connectivity index (χ1n) is 7.72. The molecule has 2 aliphatic rings. The molecule has 1 aromatic carbocycles. The lowest BCUT2D eigenvalue weighted by molar-refractivity contribution is 0.111. The van der Waals surface area contributed by atoms with E-state index in [1.807, 2.05) is 0 Å². The lowest BCUT2D eigenvalue weighted by atomic mass is 9.93. The first-order chi connectivity index (χ1) is 10.2. The number of ether oxygens (including phenoxy) is 2. The minimum Gasteiger partial charge on any atom is -0.490 e. The molecule has 116 valence electrons. The molecule has 2 atom stereocenters. The van der Waals surface area contributed by atoms with Gasteiger partial charge in [0.05, 0.1) is 23.8 Å². The van der Waals surface area contributed by atoms with Crippen LogP contribution in [0.3, 0.4) is 0 Å². The van der Waals surface area contributed by atoms with Gasteiger partial charge in [0.25, 0.3) is 0 Å². The first kappa shape index (κ1) is 15.1. The van der Waals surface area contributed by atoms with Gasteiger partial charge >= 0.3 is 0 Å². The smallest absolute Gasteiger partial charge is 0.175 e. The molecule has 21 heavy (non-hydrogen) atoms. The van der Waals surface area contributed by atoms with Crippen molar-refractivity contribution in [1.29, 1.82) is 0 Å². The molecule has 5 heteroatoms. The van der Waals surface area contributed by atoms with E-state index in [9.17, 15) is 5.11 Å². The van der Waals surface area contributed by atoms with Gasteiger partial charge in [0, 0.05) is 19.0 Å². The molecule has 1 fully saturated rings. The van der Waals surface area contributed by atoms with Crippen LogP contribution >= 0.6 is 15.9 Å². The van der Waals surface area contributed by atoms with Crippen LogP contribution in [-0.4, -0.2) is 30.5 Å². The minimum absolute atomic E-state index is 0.147. The van der Waals surface area contributed by atoms with Crippen molar-refractivity contribution in [2.24, 2.45) is 0 Å². The maximum atomic E-state index is 9.73. The van der Waals surface area contributed by atoms with Gasteiger partial charge in [0.2, 0.25) is 0 Å². The number of aliphatic hydroxyl groups is 1. The highest BCUT2D eigenvalue weighted by Crippen LogP contribution is 2.38. The average molecular weight is 356 g/mol. The van der Waals surface area contributed by atoms with Crippen LogP contribution in [0.4, 0.5) is 0 Å². The molecule has 3 rings (SSSR count). The molecule has 2 unspecified atom stereocenters. The van der Waals surface area contributed by atoms with E-state index in [2.05, 4.69) is 33.4 Å². The van der Waals surface area contributed by atoms with E-state index in [1.54, 1.807) is 0 Å². The van der Waals surface area contributed by atoms with Gasteiger partial charge in [-0.3, -0.25) is 0 Å². The summed E-state index contributed by atoms with van der Waals surface area (Å²) in [7, 11) is 0. The second-order valence-electron chi connectivity index (χ2n) is 5.85. The topological polar surface area (TPSA) is 50.7 Å². The molecule has 0 saturated heterocycles. The number of aliphatic hydroxyl groups excluding tert-OH is 1. The van der Waals surface area contributed by atoms with Gasteiger partial charge in [-0.05, 0) is 59.3 Å². The lowest BCUT2D eigenvalue weighted by Gasteiger charge is -2.27. The summed E-state index contributed by atoms with van der Waals surface area (Å²) in [5.41, 5.74) is 1.17. The molecule has 0 amide bonds. The summed E-state index contributed by atoms with van der Waals surface area (Å²) in [6.45, 7) is 2.18. The molecule has 2 N–H and O–H groups in total. The molecule has 0 radical (unpaired) electrons. The maximum absolute atomic E-state index is 9.73. The van der Waals surface area contributed by atoms with Gasteiger partial charge in [0.15, 0.2) is 11.5 Å². The van der Waals surface area contributed by atoms with Crippen LogP contribution in [0.1, 0.15) is 37.7 Å². The Bertz CT molecular complexity index is 495. The van der Waals surface area contributed by atoms with E-state index >= 15 is 0 Å². The Labute approximate surface area is 134 Å². The van der Waals surface area contributed by atoms with Gasteiger partial charge in [-0.25, -0.2) is 0 Å². The monoisotopic (exact) mass is 355 g/mol. The number of halogens is 1. The summed E-state index contributed by atoms with van der Waals surface area (Å²) < 4.78 is 12.4. The number of rotatable bonds is 3. The van der Waals surface area contributed by atoms with E-state index in [-0.39, 0.29) is 6.10 Å². The molecule has 4 nitrogen and oxygen atoms in total. The summed E-state index contributed by atoms with van der Waals surface area (Å²) in [5, 5.41) is 13.3. The molecule has 0 bridgehead atoms. The number of nitrogens with one attached hydrogen (secondary N) is 1.